The van der Waals surface area contributed by atoms with Crippen LogP contribution in [0, 0.1) is 20.8 Å². The van der Waals surface area contributed by atoms with Gasteiger partial charge in [0.25, 0.3) is 5.56 Å². The van der Waals surface area contributed by atoms with E-state index in [1.807, 2.05) is 57.2 Å². The number of nitrogens with zero attached hydrogens (tertiary/aromatic N) is 4. The fourth-order valence-corrected chi connectivity index (χ4v) is 3.54. The Bertz CT molecular complexity index is 1280. The zero-order valence-electron chi connectivity index (χ0n) is 17.2. The van der Waals surface area contributed by atoms with Crippen LogP contribution >= 0.6 is 0 Å². The summed E-state index contributed by atoms with van der Waals surface area (Å²) in [6.07, 6.45) is 2.91. The maximum Gasteiger partial charge on any atom is 0.264 e. The van der Waals surface area contributed by atoms with Crippen molar-refractivity contribution in [3.63, 3.8) is 0 Å². The lowest BCUT2D eigenvalue weighted by molar-refractivity contribution is -0.121. The van der Waals surface area contributed by atoms with E-state index in [0.29, 0.717) is 17.6 Å². The molecule has 7 nitrogen and oxygen atoms in total. The highest BCUT2D eigenvalue weighted by molar-refractivity contribution is 5.78. The monoisotopic (exact) mass is 401 g/mol. The summed E-state index contributed by atoms with van der Waals surface area (Å²) in [7, 11) is 0. The molecule has 30 heavy (non-hydrogen) atoms. The van der Waals surface area contributed by atoms with Crippen LogP contribution < -0.4 is 10.9 Å². The van der Waals surface area contributed by atoms with Gasteiger partial charge in [0.1, 0.15) is 18.3 Å². The van der Waals surface area contributed by atoms with E-state index in [1.165, 1.54) is 17.1 Å². The Hall–Kier alpha value is -3.74. The second kappa shape index (κ2) is 7.94. The van der Waals surface area contributed by atoms with Crippen molar-refractivity contribution in [1.29, 1.82) is 0 Å². The predicted molar refractivity (Wildman–Crippen MR) is 116 cm³/mol. The molecule has 0 spiro atoms. The van der Waals surface area contributed by atoms with Crippen LogP contribution in [0.1, 0.15) is 22.3 Å². The summed E-state index contributed by atoms with van der Waals surface area (Å²) in [6.45, 7) is 6.34. The van der Waals surface area contributed by atoms with E-state index in [4.69, 9.17) is 0 Å². The van der Waals surface area contributed by atoms with E-state index in [-0.39, 0.29) is 18.0 Å². The fraction of sp³-hybridized carbons (Fsp3) is 0.217. The molecular formula is C23H23N5O2. The van der Waals surface area contributed by atoms with Gasteiger partial charge in [-0.2, -0.15) is 5.10 Å². The van der Waals surface area contributed by atoms with Gasteiger partial charge in [-0.25, -0.2) is 9.67 Å². The number of amides is 1. The van der Waals surface area contributed by atoms with E-state index in [0.717, 1.165) is 27.9 Å². The first kappa shape index (κ1) is 19.6. The largest absolute Gasteiger partial charge is 0.350 e. The predicted octanol–water partition coefficient (Wildman–Crippen LogP) is 2.82. The number of nitrogens with one attached hydrogen (secondary N) is 1. The number of hydrogen-bond acceptors (Lipinski definition) is 4. The third-order valence-corrected chi connectivity index (χ3v) is 5.06. The second-order valence-electron chi connectivity index (χ2n) is 7.52. The van der Waals surface area contributed by atoms with Crippen molar-refractivity contribution in [2.75, 3.05) is 0 Å². The Labute approximate surface area is 174 Å². The first-order chi connectivity index (χ1) is 14.4. The normalized spacial score (nSPS) is 11.0. The number of benzene rings is 2. The minimum Gasteiger partial charge on any atom is -0.350 e. The molecule has 152 valence electrons. The topological polar surface area (TPSA) is 81.8 Å². The third kappa shape index (κ3) is 3.87. The van der Waals surface area contributed by atoms with Crippen LogP contribution in [0.3, 0.4) is 0 Å². The molecule has 0 aliphatic rings. The molecule has 1 amide bonds. The van der Waals surface area contributed by atoms with Crippen molar-refractivity contribution in [2.45, 2.75) is 33.9 Å². The van der Waals surface area contributed by atoms with E-state index in [2.05, 4.69) is 21.5 Å². The molecule has 0 aliphatic carbocycles. The molecule has 2 aromatic heterocycles. The van der Waals surface area contributed by atoms with Crippen LogP contribution in [-0.2, 0) is 17.9 Å². The first-order valence-electron chi connectivity index (χ1n) is 9.75. The molecule has 0 unspecified atom stereocenters. The van der Waals surface area contributed by atoms with Gasteiger partial charge in [-0.15, -0.1) is 0 Å². The van der Waals surface area contributed by atoms with Crippen molar-refractivity contribution < 1.29 is 4.79 Å². The minimum atomic E-state index is -0.290. The molecule has 4 rings (SSSR count). The van der Waals surface area contributed by atoms with Gasteiger partial charge >= 0.3 is 0 Å². The molecule has 2 aromatic carbocycles. The molecule has 0 saturated heterocycles. The molecule has 1 N–H and O–H groups in total. The van der Waals surface area contributed by atoms with Gasteiger partial charge in [0.15, 0.2) is 5.65 Å². The number of fused-ring (bicyclic) bond motifs is 1. The fourth-order valence-electron chi connectivity index (χ4n) is 3.54. The minimum absolute atomic E-state index is 0.0949. The molecule has 0 fully saturated rings. The summed E-state index contributed by atoms with van der Waals surface area (Å²) in [5.41, 5.74) is 5.39. The number of hydrogen-bond donors (Lipinski definition) is 1. The molecule has 0 radical (unpaired) electrons. The highest BCUT2D eigenvalue weighted by atomic mass is 16.2. The number of carbonyl (C=O) groups is 1. The van der Waals surface area contributed by atoms with Crippen LogP contribution in [0.5, 0.6) is 0 Å². The van der Waals surface area contributed by atoms with Gasteiger partial charge in [-0.1, -0.05) is 30.3 Å². The Morgan fingerprint density at radius 1 is 1.07 bits per heavy atom. The number of aryl methyl sites for hydroxylation is 3. The lowest BCUT2D eigenvalue weighted by Gasteiger charge is -2.09. The smallest absolute Gasteiger partial charge is 0.264 e. The van der Waals surface area contributed by atoms with Crippen molar-refractivity contribution in [3.8, 4) is 5.69 Å². The maximum atomic E-state index is 12.9. The Morgan fingerprint density at radius 3 is 2.53 bits per heavy atom. The molecular weight excluding hydrogens is 378 g/mol. The summed E-state index contributed by atoms with van der Waals surface area (Å²) in [6, 6.07) is 13.9. The van der Waals surface area contributed by atoms with Gasteiger partial charge in [0.2, 0.25) is 5.91 Å². The molecule has 4 aromatic rings. The Kier molecular flexibility index (Phi) is 5.18. The van der Waals surface area contributed by atoms with Crippen molar-refractivity contribution >= 4 is 16.9 Å². The summed E-state index contributed by atoms with van der Waals surface area (Å²) < 4.78 is 2.96. The van der Waals surface area contributed by atoms with Crippen molar-refractivity contribution in [2.24, 2.45) is 0 Å². The van der Waals surface area contributed by atoms with Crippen LogP contribution in [0.4, 0.5) is 0 Å². The molecule has 0 saturated carbocycles. The summed E-state index contributed by atoms with van der Waals surface area (Å²) in [4.78, 5) is 29.6. The number of carbonyl (C=O) groups excluding carboxylic acids is 1. The zero-order chi connectivity index (χ0) is 21.3. The van der Waals surface area contributed by atoms with Gasteiger partial charge < -0.3 is 5.32 Å². The molecule has 2 heterocycles. The number of rotatable bonds is 5. The second-order valence-corrected chi connectivity index (χ2v) is 7.52. The average Bonchev–Trinajstić information content (AvgIpc) is 3.14. The maximum absolute atomic E-state index is 12.9. The first-order valence-corrected chi connectivity index (χ1v) is 9.75. The van der Waals surface area contributed by atoms with Gasteiger partial charge in [0.05, 0.1) is 11.9 Å². The van der Waals surface area contributed by atoms with E-state index in [1.54, 1.807) is 4.68 Å². The van der Waals surface area contributed by atoms with Crippen LogP contribution in [0.15, 0.2) is 59.8 Å². The summed E-state index contributed by atoms with van der Waals surface area (Å²) >= 11 is 0. The lowest BCUT2D eigenvalue weighted by Crippen LogP contribution is -2.32. The summed E-state index contributed by atoms with van der Waals surface area (Å²) in [5.74, 6) is -0.247. The van der Waals surface area contributed by atoms with Gasteiger partial charge in [0, 0.05) is 6.54 Å². The van der Waals surface area contributed by atoms with E-state index < -0.39 is 0 Å². The lowest BCUT2D eigenvalue weighted by atomic mass is 10.1. The van der Waals surface area contributed by atoms with Gasteiger partial charge in [-0.05, 0) is 55.2 Å². The highest BCUT2D eigenvalue weighted by Gasteiger charge is 2.14. The zero-order valence-corrected chi connectivity index (χ0v) is 17.2. The molecule has 0 bridgehead atoms. The SMILES string of the molecule is Cc1cc(C)cc(-n2ncc3c(=O)n(CC(=O)NCc4ccccc4C)cnc32)c1. The quantitative estimate of drug-likeness (QED) is 0.558. The Balaban J connectivity index is 1.56. The van der Waals surface area contributed by atoms with E-state index in [9.17, 15) is 9.59 Å². The summed E-state index contributed by atoms with van der Waals surface area (Å²) in [5, 5.41) is 7.59. The molecule has 0 atom stereocenters. The van der Waals surface area contributed by atoms with Crippen LogP contribution in [-0.4, -0.2) is 25.2 Å². The average molecular weight is 401 g/mol. The standard InChI is InChI=1S/C23H23N5O2/c1-15-8-16(2)10-19(9-15)28-22-20(12-26-28)23(30)27(14-25-22)13-21(29)24-11-18-7-5-4-6-17(18)3/h4-10,12,14H,11,13H2,1-3H3,(H,24,29). The van der Waals surface area contributed by atoms with Crippen molar-refractivity contribution in [1.82, 2.24) is 24.6 Å². The highest BCUT2D eigenvalue weighted by Crippen LogP contribution is 2.17. The van der Waals surface area contributed by atoms with E-state index >= 15 is 0 Å². The third-order valence-electron chi connectivity index (χ3n) is 5.06. The van der Waals surface area contributed by atoms with Crippen LogP contribution in [0.2, 0.25) is 0 Å². The van der Waals surface area contributed by atoms with Crippen molar-refractivity contribution in [3.05, 3.63) is 87.6 Å². The molecule has 0 aliphatic heterocycles. The van der Waals surface area contributed by atoms with Crippen LogP contribution in [0.25, 0.3) is 16.7 Å². The molecule has 7 heteroatoms. The Morgan fingerprint density at radius 2 is 1.80 bits per heavy atom. The van der Waals surface area contributed by atoms with Gasteiger partial charge in [-0.3, -0.25) is 14.2 Å². The number of aromatic nitrogens is 4.